The summed E-state index contributed by atoms with van der Waals surface area (Å²) in [6.07, 6.45) is 9.07. The van der Waals surface area contributed by atoms with Gasteiger partial charge in [-0.25, -0.2) is 0 Å². The van der Waals surface area contributed by atoms with Crippen LogP contribution >= 0.6 is 0 Å². The van der Waals surface area contributed by atoms with E-state index < -0.39 is 0 Å². The third kappa shape index (κ3) is 8.41. The predicted molar refractivity (Wildman–Crippen MR) is 72.2 cm³/mol. The van der Waals surface area contributed by atoms with Crippen molar-refractivity contribution in [2.24, 2.45) is 5.73 Å². The lowest BCUT2D eigenvalue weighted by Gasteiger charge is -2.00. The molecule has 0 spiro atoms. The van der Waals surface area contributed by atoms with Crippen molar-refractivity contribution in [3.8, 4) is 0 Å². The van der Waals surface area contributed by atoms with Gasteiger partial charge >= 0.3 is 0 Å². The van der Waals surface area contributed by atoms with E-state index in [0.717, 1.165) is 26.2 Å². The van der Waals surface area contributed by atoms with Gasteiger partial charge < -0.3 is 11.1 Å². The molecule has 1 fully saturated rings. The molecule has 3 heteroatoms. The molecular formula is C13H25N3. The van der Waals surface area contributed by atoms with Crippen LogP contribution in [0.5, 0.6) is 0 Å². The molecule has 1 saturated heterocycles. The second-order valence-corrected chi connectivity index (χ2v) is 3.66. The highest BCUT2D eigenvalue weighted by atomic mass is 15.2. The number of hydrogen-bond acceptors (Lipinski definition) is 3. The van der Waals surface area contributed by atoms with Gasteiger partial charge in [-0.15, -0.1) is 0 Å². The molecule has 0 amide bonds. The maximum Gasteiger partial charge on any atom is 0.0457 e. The highest BCUT2D eigenvalue weighted by molar-refractivity contribution is 5.18. The van der Waals surface area contributed by atoms with Gasteiger partial charge in [-0.2, -0.15) is 0 Å². The van der Waals surface area contributed by atoms with Crippen LogP contribution in [0.25, 0.3) is 0 Å². The fourth-order valence-electron chi connectivity index (χ4n) is 1.12. The summed E-state index contributed by atoms with van der Waals surface area (Å²) in [4.78, 5) is 0. The van der Waals surface area contributed by atoms with E-state index in [4.69, 9.17) is 5.73 Å². The predicted octanol–water partition coefficient (Wildman–Crippen LogP) is 1.55. The van der Waals surface area contributed by atoms with Crippen molar-refractivity contribution in [3.05, 3.63) is 36.5 Å². The molecule has 1 unspecified atom stereocenters. The summed E-state index contributed by atoms with van der Waals surface area (Å²) in [6, 6.07) is 0.514. The highest BCUT2D eigenvalue weighted by Crippen LogP contribution is 1.97. The van der Waals surface area contributed by atoms with E-state index in [1.165, 1.54) is 5.57 Å². The van der Waals surface area contributed by atoms with Crippen molar-refractivity contribution >= 4 is 0 Å². The van der Waals surface area contributed by atoms with Crippen molar-refractivity contribution in [2.45, 2.75) is 26.3 Å². The Labute approximate surface area is 99.5 Å². The Morgan fingerprint density at radius 1 is 1.50 bits per heavy atom. The first-order chi connectivity index (χ1) is 7.74. The Kier molecular flexibility index (Phi) is 10.0. The van der Waals surface area contributed by atoms with Crippen molar-refractivity contribution in [1.82, 2.24) is 10.6 Å². The molecule has 1 rings (SSSR count). The van der Waals surface area contributed by atoms with E-state index in [1.54, 1.807) is 0 Å². The van der Waals surface area contributed by atoms with Gasteiger partial charge in [0, 0.05) is 25.8 Å². The first-order valence-corrected chi connectivity index (χ1v) is 5.85. The Hall–Kier alpha value is -0.900. The van der Waals surface area contributed by atoms with Gasteiger partial charge in [-0.1, -0.05) is 43.4 Å². The zero-order valence-electron chi connectivity index (χ0n) is 10.5. The second-order valence-electron chi connectivity index (χ2n) is 3.66. The molecule has 0 aromatic carbocycles. The van der Waals surface area contributed by atoms with Gasteiger partial charge in [0.2, 0.25) is 0 Å². The normalized spacial score (nSPS) is 20.1. The number of nitrogens with two attached hydrogens (primary N) is 1. The zero-order chi connectivity index (χ0) is 12.2. The first kappa shape index (κ1) is 15.1. The van der Waals surface area contributed by atoms with Crippen molar-refractivity contribution < 1.29 is 0 Å². The van der Waals surface area contributed by atoms with Gasteiger partial charge in [0.15, 0.2) is 0 Å². The molecule has 0 aromatic heterocycles. The van der Waals surface area contributed by atoms with E-state index in [2.05, 4.69) is 24.1 Å². The van der Waals surface area contributed by atoms with Gasteiger partial charge in [0.1, 0.15) is 0 Å². The summed E-state index contributed by atoms with van der Waals surface area (Å²) in [5.41, 5.74) is 6.51. The van der Waals surface area contributed by atoms with Crippen LogP contribution in [0, 0.1) is 0 Å². The molecule has 16 heavy (non-hydrogen) atoms. The van der Waals surface area contributed by atoms with Crippen molar-refractivity contribution in [1.29, 1.82) is 0 Å². The third-order valence-corrected chi connectivity index (χ3v) is 2.28. The van der Waals surface area contributed by atoms with Crippen LogP contribution in [-0.4, -0.2) is 25.8 Å². The minimum absolute atomic E-state index is 0.514. The summed E-state index contributed by atoms with van der Waals surface area (Å²) in [5.74, 6) is 0. The Morgan fingerprint density at radius 3 is 2.62 bits per heavy atom. The molecule has 1 aliphatic heterocycles. The largest absolute Gasteiger partial charge is 0.329 e. The van der Waals surface area contributed by atoms with Crippen LogP contribution in [-0.2, 0) is 0 Å². The molecule has 1 atom stereocenters. The summed E-state index contributed by atoms with van der Waals surface area (Å²) in [5, 5.41) is 6.30. The number of rotatable bonds is 4. The van der Waals surface area contributed by atoms with Gasteiger partial charge in [-0.05, 0) is 13.3 Å². The van der Waals surface area contributed by atoms with E-state index in [0.29, 0.717) is 6.04 Å². The molecule has 0 saturated carbocycles. The summed E-state index contributed by atoms with van der Waals surface area (Å²) < 4.78 is 0. The highest BCUT2D eigenvalue weighted by Gasteiger charge is 2.08. The lowest BCUT2D eigenvalue weighted by atomic mass is 10.2. The van der Waals surface area contributed by atoms with Gasteiger partial charge in [0.05, 0.1) is 0 Å². The van der Waals surface area contributed by atoms with Crippen LogP contribution in [0.15, 0.2) is 36.5 Å². The standard InChI is InChI=1S/C9H14.C4H11N3/c1-4-6-7-8-9(3)5-2;5-1-4-2-6-3-7-4/h4,6-8H,3,5H2,1-2H3;4,6-7H,1-3,5H2/b6-4-,8-7-;. The molecular weight excluding hydrogens is 198 g/mol. The Bertz CT molecular complexity index is 225. The van der Waals surface area contributed by atoms with E-state index in [9.17, 15) is 0 Å². The quantitative estimate of drug-likeness (QED) is 0.634. The molecule has 0 aromatic rings. The first-order valence-electron chi connectivity index (χ1n) is 5.85. The van der Waals surface area contributed by atoms with Crippen LogP contribution in [0.1, 0.15) is 20.3 Å². The van der Waals surface area contributed by atoms with Crippen molar-refractivity contribution in [2.75, 3.05) is 19.8 Å². The number of nitrogens with one attached hydrogen (secondary N) is 2. The van der Waals surface area contributed by atoms with E-state index >= 15 is 0 Å². The van der Waals surface area contributed by atoms with E-state index in [1.807, 2.05) is 31.2 Å². The average Bonchev–Trinajstić information content (AvgIpc) is 2.83. The molecule has 4 N–H and O–H groups in total. The number of allylic oxidation sites excluding steroid dienone is 5. The topological polar surface area (TPSA) is 50.1 Å². The third-order valence-electron chi connectivity index (χ3n) is 2.28. The monoisotopic (exact) mass is 223 g/mol. The molecule has 92 valence electrons. The summed E-state index contributed by atoms with van der Waals surface area (Å²) in [7, 11) is 0. The zero-order valence-corrected chi connectivity index (χ0v) is 10.5. The molecule has 1 aliphatic rings. The summed E-state index contributed by atoms with van der Waals surface area (Å²) in [6.45, 7) is 10.6. The van der Waals surface area contributed by atoms with Gasteiger partial charge in [0.25, 0.3) is 0 Å². The molecule has 0 bridgehead atoms. The van der Waals surface area contributed by atoms with Crippen LogP contribution in [0.4, 0.5) is 0 Å². The lowest BCUT2D eigenvalue weighted by Crippen LogP contribution is -2.31. The Balaban J connectivity index is 0.000000288. The minimum Gasteiger partial charge on any atom is -0.329 e. The average molecular weight is 223 g/mol. The fraction of sp³-hybridized carbons (Fsp3) is 0.538. The summed E-state index contributed by atoms with van der Waals surface area (Å²) >= 11 is 0. The molecule has 0 radical (unpaired) electrons. The SMILES string of the molecule is C=C(/C=C\C=C/C)CC.NCC1CNCN1. The van der Waals surface area contributed by atoms with Crippen LogP contribution < -0.4 is 16.4 Å². The van der Waals surface area contributed by atoms with Crippen molar-refractivity contribution in [3.63, 3.8) is 0 Å². The molecule has 3 nitrogen and oxygen atoms in total. The molecule has 1 heterocycles. The fourth-order valence-corrected chi connectivity index (χ4v) is 1.12. The maximum absolute atomic E-state index is 5.33. The Morgan fingerprint density at radius 2 is 2.25 bits per heavy atom. The lowest BCUT2D eigenvalue weighted by molar-refractivity contribution is 0.642. The smallest absolute Gasteiger partial charge is 0.0457 e. The van der Waals surface area contributed by atoms with Crippen LogP contribution in [0.3, 0.4) is 0 Å². The minimum atomic E-state index is 0.514. The van der Waals surface area contributed by atoms with E-state index in [-0.39, 0.29) is 0 Å². The van der Waals surface area contributed by atoms with Crippen LogP contribution in [0.2, 0.25) is 0 Å². The molecule has 0 aliphatic carbocycles. The maximum atomic E-state index is 5.33. The van der Waals surface area contributed by atoms with Gasteiger partial charge in [-0.3, -0.25) is 5.32 Å². The number of hydrogen-bond donors (Lipinski definition) is 3. The second kappa shape index (κ2) is 10.6.